The average Bonchev–Trinajstić information content (AvgIpc) is 2.87. The highest BCUT2D eigenvalue weighted by Crippen LogP contribution is 2.36. The van der Waals surface area contributed by atoms with Gasteiger partial charge in [-0.05, 0) is 54.7 Å². The van der Waals surface area contributed by atoms with Crippen molar-refractivity contribution >= 4 is 40.9 Å². The molecular formula is C26H22N2O6S. The molecule has 0 radical (unpaired) electrons. The first kappa shape index (κ1) is 23.8. The fourth-order valence-electron chi connectivity index (χ4n) is 3.50. The average molecular weight is 491 g/mol. The predicted octanol–water partition coefficient (Wildman–Crippen LogP) is 4.34. The minimum Gasteiger partial charge on any atom is -0.496 e. The van der Waals surface area contributed by atoms with Gasteiger partial charge in [0.05, 0.1) is 32.6 Å². The van der Waals surface area contributed by atoms with Gasteiger partial charge in [0.2, 0.25) is 0 Å². The van der Waals surface area contributed by atoms with Crippen LogP contribution in [-0.4, -0.2) is 38.3 Å². The summed E-state index contributed by atoms with van der Waals surface area (Å²) in [6.45, 7) is 0. The number of rotatable bonds is 7. The van der Waals surface area contributed by atoms with E-state index in [0.29, 0.717) is 40.0 Å². The van der Waals surface area contributed by atoms with Gasteiger partial charge < -0.3 is 18.9 Å². The second-order valence-corrected chi connectivity index (χ2v) is 7.70. The van der Waals surface area contributed by atoms with Crippen molar-refractivity contribution in [3.8, 4) is 28.7 Å². The fourth-order valence-corrected chi connectivity index (χ4v) is 3.78. The molecule has 0 aromatic heterocycles. The first-order chi connectivity index (χ1) is 16.9. The van der Waals surface area contributed by atoms with Crippen LogP contribution in [0.25, 0.3) is 6.08 Å². The van der Waals surface area contributed by atoms with Gasteiger partial charge in [0, 0.05) is 12.1 Å². The maximum Gasteiger partial charge on any atom is 0.270 e. The fraction of sp³-hybridized carbons (Fsp3) is 0.115. The summed E-state index contributed by atoms with van der Waals surface area (Å²) < 4.78 is 21.9. The number of carbonyl (C=O) groups excluding carboxylic acids is 2. The van der Waals surface area contributed by atoms with E-state index in [1.807, 2.05) is 30.3 Å². The molecule has 1 aliphatic heterocycles. The third-order valence-corrected chi connectivity index (χ3v) is 5.50. The molecule has 178 valence electrons. The molecule has 3 aromatic rings. The van der Waals surface area contributed by atoms with Gasteiger partial charge in [-0.3, -0.25) is 19.8 Å². The molecule has 3 aromatic carbocycles. The lowest BCUT2D eigenvalue weighted by atomic mass is 10.0. The molecular weight excluding hydrogens is 468 g/mol. The molecule has 2 amide bonds. The zero-order valence-corrected chi connectivity index (χ0v) is 20.0. The van der Waals surface area contributed by atoms with Gasteiger partial charge in [0.25, 0.3) is 11.8 Å². The number of amides is 2. The number of carbonyl (C=O) groups is 2. The smallest absolute Gasteiger partial charge is 0.270 e. The summed E-state index contributed by atoms with van der Waals surface area (Å²) in [6, 6.07) is 19.4. The van der Waals surface area contributed by atoms with E-state index in [-0.39, 0.29) is 10.7 Å². The van der Waals surface area contributed by atoms with Crippen LogP contribution in [0.15, 0.2) is 72.3 Å². The Morgan fingerprint density at radius 1 is 0.800 bits per heavy atom. The molecule has 0 atom stereocenters. The number of hydrogen-bond acceptors (Lipinski definition) is 7. The predicted molar refractivity (Wildman–Crippen MR) is 135 cm³/mol. The molecule has 1 fully saturated rings. The number of hydrogen-bond donors (Lipinski definition) is 1. The Kier molecular flexibility index (Phi) is 6.98. The summed E-state index contributed by atoms with van der Waals surface area (Å²) in [5.41, 5.74) is 0.749. The maximum absolute atomic E-state index is 13.4. The van der Waals surface area contributed by atoms with Crippen molar-refractivity contribution in [1.29, 1.82) is 0 Å². The molecule has 4 rings (SSSR count). The molecule has 0 bridgehead atoms. The van der Waals surface area contributed by atoms with Crippen molar-refractivity contribution in [3.05, 3.63) is 77.9 Å². The Balaban J connectivity index is 1.67. The van der Waals surface area contributed by atoms with Crippen molar-refractivity contribution in [2.75, 3.05) is 26.2 Å². The van der Waals surface area contributed by atoms with Crippen molar-refractivity contribution < 1.29 is 28.5 Å². The van der Waals surface area contributed by atoms with Crippen LogP contribution >= 0.6 is 12.2 Å². The van der Waals surface area contributed by atoms with Crippen molar-refractivity contribution in [2.45, 2.75) is 0 Å². The molecule has 0 spiro atoms. The third-order valence-electron chi connectivity index (χ3n) is 5.22. The minimum absolute atomic E-state index is 0.0254. The van der Waals surface area contributed by atoms with E-state index in [4.69, 9.17) is 31.2 Å². The van der Waals surface area contributed by atoms with Gasteiger partial charge in [0.15, 0.2) is 5.11 Å². The number of nitrogens with zero attached hydrogens (tertiary/aromatic N) is 1. The Bertz CT molecular complexity index is 1280. The first-order valence-corrected chi connectivity index (χ1v) is 10.9. The standard InChI is InChI=1S/C26H22N2O6S/c1-31-19-13-22(32-2)20(23(14-19)33-3)15-21-24(29)27-26(35)28(25(21)30)16-9-11-18(12-10-16)34-17-7-5-4-6-8-17/h4-15H,1-3H3,(H,27,29,35)/b21-15+. The Morgan fingerprint density at radius 2 is 1.40 bits per heavy atom. The lowest BCUT2D eigenvalue weighted by Gasteiger charge is -2.29. The minimum atomic E-state index is -0.625. The number of ether oxygens (including phenoxy) is 4. The second-order valence-electron chi connectivity index (χ2n) is 7.31. The van der Waals surface area contributed by atoms with Gasteiger partial charge in [-0.1, -0.05) is 18.2 Å². The summed E-state index contributed by atoms with van der Waals surface area (Å²) >= 11 is 5.30. The van der Waals surface area contributed by atoms with Crippen molar-refractivity contribution in [3.63, 3.8) is 0 Å². The zero-order chi connectivity index (χ0) is 24.9. The highest BCUT2D eigenvalue weighted by molar-refractivity contribution is 7.80. The van der Waals surface area contributed by atoms with Crippen LogP contribution in [0.2, 0.25) is 0 Å². The molecule has 0 aliphatic carbocycles. The highest BCUT2D eigenvalue weighted by Gasteiger charge is 2.35. The lowest BCUT2D eigenvalue weighted by Crippen LogP contribution is -2.54. The highest BCUT2D eigenvalue weighted by atomic mass is 32.1. The number of nitrogens with one attached hydrogen (secondary N) is 1. The summed E-state index contributed by atoms with van der Waals surface area (Å²) in [6.07, 6.45) is 1.41. The van der Waals surface area contributed by atoms with Gasteiger partial charge in [-0.2, -0.15) is 0 Å². The normalized spacial score (nSPS) is 14.5. The second kappa shape index (κ2) is 10.3. The van der Waals surface area contributed by atoms with Crippen molar-refractivity contribution in [2.24, 2.45) is 0 Å². The van der Waals surface area contributed by atoms with E-state index in [0.717, 1.165) is 0 Å². The molecule has 8 nitrogen and oxygen atoms in total. The van der Waals surface area contributed by atoms with Crippen LogP contribution in [0.1, 0.15) is 5.56 Å². The van der Waals surface area contributed by atoms with E-state index in [2.05, 4.69) is 5.32 Å². The van der Waals surface area contributed by atoms with E-state index in [9.17, 15) is 9.59 Å². The summed E-state index contributed by atoms with van der Waals surface area (Å²) in [4.78, 5) is 27.4. The number of methoxy groups -OCH3 is 3. The quantitative estimate of drug-likeness (QED) is 0.300. The van der Waals surface area contributed by atoms with E-state index in [1.165, 1.54) is 32.3 Å². The van der Waals surface area contributed by atoms with Gasteiger partial charge in [-0.25, -0.2) is 0 Å². The van der Waals surface area contributed by atoms with E-state index in [1.54, 1.807) is 36.4 Å². The SMILES string of the molecule is COc1cc(OC)c(/C=C2\C(=O)NC(=S)N(c3ccc(Oc4ccccc4)cc3)C2=O)c(OC)c1. The summed E-state index contributed by atoms with van der Waals surface area (Å²) in [7, 11) is 4.46. The largest absolute Gasteiger partial charge is 0.496 e. The lowest BCUT2D eigenvalue weighted by molar-refractivity contribution is -0.122. The third kappa shape index (κ3) is 4.95. The molecule has 0 unspecified atom stereocenters. The topological polar surface area (TPSA) is 86.3 Å². The van der Waals surface area contributed by atoms with Gasteiger partial charge >= 0.3 is 0 Å². The van der Waals surface area contributed by atoms with E-state index >= 15 is 0 Å². The van der Waals surface area contributed by atoms with Crippen LogP contribution in [0.4, 0.5) is 5.69 Å². The Labute approximate surface area is 207 Å². The van der Waals surface area contributed by atoms with Crippen molar-refractivity contribution in [1.82, 2.24) is 5.32 Å². The van der Waals surface area contributed by atoms with Gasteiger partial charge in [-0.15, -0.1) is 0 Å². The number of anilines is 1. The summed E-state index contributed by atoms with van der Waals surface area (Å²) in [5.74, 6) is 1.30. The maximum atomic E-state index is 13.4. The first-order valence-electron chi connectivity index (χ1n) is 10.5. The van der Waals surface area contributed by atoms with Crippen LogP contribution in [0.5, 0.6) is 28.7 Å². The van der Waals surface area contributed by atoms with Crippen LogP contribution in [0, 0.1) is 0 Å². The van der Waals surface area contributed by atoms with Crippen LogP contribution in [-0.2, 0) is 9.59 Å². The number of thiocarbonyl (C=S) groups is 1. The number of para-hydroxylation sites is 1. The number of benzene rings is 3. The van der Waals surface area contributed by atoms with Gasteiger partial charge in [0.1, 0.15) is 34.3 Å². The van der Waals surface area contributed by atoms with E-state index < -0.39 is 11.8 Å². The molecule has 35 heavy (non-hydrogen) atoms. The molecule has 9 heteroatoms. The molecule has 0 saturated carbocycles. The van der Waals surface area contributed by atoms with Crippen LogP contribution in [0.3, 0.4) is 0 Å². The molecule has 1 heterocycles. The Morgan fingerprint density at radius 3 is 1.97 bits per heavy atom. The molecule has 1 aliphatic rings. The summed E-state index contributed by atoms with van der Waals surface area (Å²) in [5, 5.41) is 2.55. The molecule has 1 N–H and O–H groups in total. The zero-order valence-electron chi connectivity index (χ0n) is 19.2. The van der Waals surface area contributed by atoms with Crippen LogP contribution < -0.4 is 29.2 Å². The molecule has 1 saturated heterocycles. The monoisotopic (exact) mass is 490 g/mol. The Hall–Kier alpha value is -4.37.